The third-order valence-corrected chi connectivity index (χ3v) is 3.64. The van der Waals surface area contributed by atoms with E-state index in [1.54, 1.807) is 7.11 Å². The molecule has 0 fully saturated rings. The van der Waals surface area contributed by atoms with Crippen LogP contribution in [0.2, 0.25) is 0 Å². The average molecular weight is 261 g/mol. The Morgan fingerprint density at radius 3 is 2.47 bits per heavy atom. The smallest absolute Gasteiger partial charge is 0.240 e. The lowest BCUT2D eigenvalue weighted by Gasteiger charge is -2.11. The SMILES string of the molecule is COCC(C)CNS(=O)(=O)c1ccc(F)cc1. The zero-order valence-corrected chi connectivity index (χ0v) is 10.6. The molecule has 1 rings (SSSR count). The fraction of sp³-hybridized carbons (Fsp3) is 0.455. The summed E-state index contributed by atoms with van der Waals surface area (Å²) in [4.78, 5) is 0.0588. The summed E-state index contributed by atoms with van der Waals surface area (Å²) < 4.78 is 43.6. The number of halogens is 1. The van der Waals surface area contributed by atoms with Crippen LogP contribution in [0, 0.1) is 11.7 Å². The summed E-state index contributed by atoms with van der Waals surface area (Å²) in [7, 11) is -2.00. The van der Waals surface area contributed by atoms with Gasteiger partial charge in [0.25, 0.3) is 0 Å². The van der Waals surface area contributed by atoms with Crippen LogP contribution in [0.4, 0.5) is 4.39 Å². The van der Waals surface area contributed by atoms with E-state index in [2.05, 4.69) is 4.72 Å². The second-order valence-corrected chi connectivity index (χ2v) is 5.63. The largest absolute Gasteiger partial charge is 0.384 e. The second-order valence-electron chi connectivity index (χ2n) is 3.87. The molecule has 0 radical (unpaired) electrons. The van der Waals surface area contributed by atoms with Gasteiger partial charge in [-0.15, -0.1) is 0 Å². The Bertz CT molecular complexity index is 444. The highest BCUT2D eigenvalue weighted by Crippen LogP contribution is 2.09. The van der Waals surface area contributed by atoms with Crippen molar-refractivity contribution >= 4 is 10.0 Å². The van der Waals surface area contributed by atoms with Gasteiger partial charge in [0.15, 0.2) is 0 Å². The quantitative estimate of drug-likeness (QED) is 0.842. The first-order valence-corrected chi connectivity index (χ1v) is 6.68. The molecule has 0 heterocycles. The molecule has 6 heteroatoms. The Labute approximate surface area is 101 Å². The van der Waals surface area contributed by atoms with Crippen LogP contribution in [0.5, 0.6) is 0 Å². The molecule has 0 aliphatic carbocycles. The van der Waals surface area contributed by atoms with Crippen LogP contribution in [-0.4, -0.2) is 28.7 Å². The average Bonchev–Trinajstić information content (AvgIpc) is 2.28. The van der Waals surface area contributed by atoms with Crippen molar-refractivity contribution in [3.8, 4) is 0 Å². The van der Waals surface area contributed by atoms with Crippen molar-refractivity contribution < 1.29 is 17.5 Å². The summed E-state index contributed by atoms with van der Waals surface area (Å²) in [6.07, 6.45) is 0. The standard InChI is InChI=1S/C11H16FNO3S/c1-9(8-16-2)7-13-17(14,15)11-5-3-10(12)4-6-11/h3-6,9,13H,7-8H2,1-2H3. The van der Waals surface area contributed by atoms with Gasteiger partial charge in [-0.2, -0.15) is 0 Å². The number of nitrogens with one attached hydrogen (secondary N) is 1. The summed E-state index contributed by atoms with van der Waals surface area (Å²) in [6.45, 7) is 2.64. The fourth-order valence-electron chi connectivity index (χ4n) is 1.29. The van der Waals surface area contributed by atoms with E-state index >= 15 is 0 Å². The Morgan fingerprint density at radius 1 is 1.35 bits per heavy atom. The first kappa shape index (κ1) is 14.1. The maximum absolute atomic E-state index is 12.7. The first-order valence-electron chi connectivity index (χ1n) is 5.20. The van der Waals surface area contributed by atoms with E-state index in [-0.39, 0.29) is 17.4 Å². The van der Waals surface area contributed by atoms with Crippen molar-refractivity contribution in [2.75, 3.05) is 20.3 Å². The third kappa shape index (κ3) is 4.41. The van der Waals surface area contributed by atoms with Crippen LogP contribution in [0.25, 0.3) is 0 Å². The summed E-state index contributed by atoms with van der Waals surface area (Å²) in [5.74, 6) is -0.382. The molecule has 1 atom stereocenters. The van der Waals surface area contributed by atoms with Crippen LogP contribution < -0.4 is 4.72 Å². The van der Waals surface area contributed by atoms with Crippen LogP contribution >= 0.6 is 0 Å². The molecule has 1 unspecified atom stereocenters. The number of hydrogen-bond acceptors (Lipinski definition) is 3. The highest BCUT2D eigenvalue weighted by Gasteiger charge is 2.14. The van der Waals surface area contributed by atoms with E-state index in [1.165, 1.54) is 12.1 Å². The molecule has 1 aromatic carbocycles. The normalized spacial score (nSPS) is 13.6. The minimum absolute atomic E-state index is 0.0588. The van der Waals surface area contributed by atoms with E-state index in [0.717, 1.165) is 12.1 Å². The van der Waals surface area contributed by atoms with Crippen molar-refractivity contribution in [1.29, 1.82) is 0 Å². The van der Waals surface area contributed by atoms with E-state index in [9.17, 15) is 12.8 Å². The van der Waals surface area contributed by atoms with Crippen LogP contribution in [0.15, 0.2) is 29.2 Å². The Balaban J connectivity index is 2.66. The lowest BCUT2D eigenvalue weighted by Crippen LogP contribution is -2.30. The second kappa shape index (κ2) is 6.09. The number of rotatable bonds is 6. The number of hydrogen-bond donors (Lipinski definition) is 1. The van der Waals surface area contributed by atoms with Gasteiger partial charge in [0.2, 0.25) is 10.0 Å². The van der Waals surface area contributed by atoms with Crippen molar-refractivity contribution in [2.45, 2.75) is 11.8 Å². The Morgan fingerprint density at radius 2 is 1.94 bits per heavy atom. The lowest BCUT2D eigenvalue weighted by molar-refractivity contribution is 0.161. The molecule has 0 bridgehead atoms. The van der Waals surface area contributed by atoms with Gasteiger partial charge in [-0.05, 0) is 30.2 Å². The van der Waals surface area contributed by atoms with E-state index in [4.69, 9.17) is 4.74 Å². The molecule has 0 saturated carbocycles. The summed E-state index contributed by atoms with van der Waals surface area (Å²) >= 11 is 0. The summed E-state index contributed by atoms with van der Waals surface area (Å²) in [5.41, 5.74) is 0. The third-order valence-electron chi connectivity index (χ3n) is 2.20. The van der Waals surface area contributed by atoms with Crippen LogP contribution in [0.1, 0.15) is 6.92 Å². The zero-order valence-electron chi connectivity index (χ0n) is 9.81. The van der Waals surface area contributed by atoms with E-state index in [0.29, 0.717) is 6.61 Å². The highest BCUT2D eigenvalue weighted by molar-refractivity contribution is 7.89. The van der Waals surface area contributed by atoms with Gasteiger partial charge in [0, 0.05) is 20.3 Å². The van der Waals surface area contributed by atoms with Gasteiger partial charge in [-0.25, -0.2) is 17.5 Å². The van der Waals surface area contributed by atoms with Gasteiger partial charge in [-0.3, -0.25) is 0 Å². The molecule has 0 aliphatic heterocycles. The van der Waals surface area contributed by atoms with Gasteiger partial charge >= 0.3 is 0 Å². The minimum atomic E-state index is -3.56. The molecule has 17 heavy (non-hydrogen) atoms. The summed E-state index contributed by atoms with van der Waals surface area (Å²) in [6, 6.07) is 4.71. The number of benzene rings is 1. The topological polar surface area (TPSA) is 55.4 Å². The number of sulfonamides is 1. The number of methoxy groups -OCH3 is 1. The molecule has 1 aromatic rings. The highest BCUT2D eigenvalue weighted by atomic mass is 32.2. The predicted octanol–water partition coefficient (Wildman–Crippen LogP) is 1.39. The van der Waals surface area contributed by atoms with Crippen molar-refractivity contribution in [1.82, 2.24) is 4.72 Å². The van der Waals surface area contributed by atoms with Gasteiger partial charge in [-0.1, -0.05) is 6.92 Å². The van der Waals surface area contributed by atoms with E-state index < -0.39 is 15.8 Å². The molecule has 0 aromatic heterocycles. The predicted molar refractivity (Wildman–Crippen MR) is 62.6 cm³/mol. The zero-order chi connectivity index (χ0) is 12.9. The molecule has 0 amide bonds. The molecule has 0 saturated heterocycles. The van der Waals surface area contributed by atoms with Gasteiger partial charge in [0.1, 0.15) is 5.82 Å². The molecule has 96 valence electrons. The van der Waals surface area contributed by atoms with E-state index in [1.807, 2.05) is 6.92 Å². The van der Waals surface area contributed by atoms with Crippen LogP contribution in [0.3, 0.4) is 0 Å². The molecular weight excluding hydrogens is 245 g/mol. The molecular formula is C11H16FNO3S. The minimum Gasteiger partial charge on any atom is -0.384 e. The Kier molecular flexibility index (Phi) is 5.04. The molecule has 0 spiro atoms. The number of ether oxygens (including phenoxy) is 1. The van der Waals surface area contributed by atoms with Gasteiger partial charge < -0.3 is 4.74 Å². The maximum atomic E-state index is 12.7. The fourth-order valence-corrected chi connectivity index (χ4v) is 2.46. The molecule has 4 nitrogen and oxygen atoms in total. The monoisotopic (exact) mass is 261 g/mol. The van der Waals surface area contributed by atoms with Crippen LogP contribution in [-0.2, 0) is 14.8 Å². The van der Waals surface area contributed by atoms with Crippen molar-refractivity contribution in [3.05, 3.63) is 30.1 Å². The summed E-state index contributed by atoms with van der Waals surface area (Å²) in [5, 5.41) is 0. The van der Waals surface area contributed by atoms with Gasteiger partial charge in [0.05, 0.1) is 4.90 Å². The van der Waals surface area contributed by atoms with Crippen molar-refractivity contribution in [3.63, 3.8) is 0 Å². The Hall–Kier alpha value is -0.980. The lowest BCUT2D eigenvalue weighted by atomic mass is 10.2. The molecule has 0 aliphatic rings. The van der Waals surface area contributed by atoms with Crippen molar-refractivity contribution in [2.24, 2.45) is 5.92 Å². The maximum Gasteiger partial charge on any atom is 0.240 e. The molecule has 1 N–H and O–H groups in total. The first-order chi connectivity index (χ1) is 7.95.